The van der Waals surface area contributed by atoms with Crippen LogP contribution in [0.2, 0.25) is 0 Å². The molecule has 0 saturated heterocycles. The van der Waals surface area contributed by atoms with E-state index >= 15 is 0 Å². The van der Waals surface area contributed by atoms with E-state index in [-0.39, 0.29) is 0 Å². The molecule has 0 spiro atoms. The molecule has 0 amide bonds. The van der Waals surface area contributed by atoms with Gasteiger partial charge in [-0.25, -0.2) is 0 Å². The molecule has 2 heteroatoms. The predicted octanol–water partition coefficient (Wildman–Crippen LogP) is 1.67. The second-order valence-corrected chi connectivity index (χ2v) is 4.94. The van der Waals surface area contributed by atoms with Gasteiger partial charge in [0.1, 0.15) is 0 Å². The average Bonchev–Trinajstić information content (AvgIpc) is 2.04. The first-order valence-electron chi connectivity index (χ1n) is 5.35. The minimum absolute atomic E-state index is 0.779. The van der Waals surface area contributed by atoms with E-state index in [4.69, 9.17) is 0 Å². The highest BCUT2D eigenvalue weighted by atomic mass is 15.1. The number of nitrogens with zero attached hydrogens (tertiary/aromatic N) is 2. The Morgan fingerprint density at radius 1 is 0.923 bits per heavy atom. The normalized spacial score (nSPS) is 35.8. The van der Waals surface area contributed by atoms with Gasteiger partial charge in [0.05, 0.1) is 0 Å². The summed E-state index contributed by atoms with van der Waals surface area (Å²) in [7, 11) is 8.82. The lowest BCUT2D eigenvalue weighted by Crippen LogP contribution is -2.45. The third kappa shape index (κ3) is 2.68. The van der Waals surface area contributed by atoms with Crippen LogP contribution in [-0.4, -0.2) is 50.1 Å². The lowest BCUT2D eigenvalue weighted by molar-refractivity contribution is 0.104. The van der Waals surface area contributed by atoms with Crippen LogP contribution < -0.4 is 0 Å². The maximum Gasteiger partial charge on any atom is 0.0130 e. The van der Waals surface area contributed by atoms with Crippen molar-refractivity contribution < 1.29 is 0 Å². The molecule has 3 atom stereocenters. The Balaban J connectivity index is 2.53. The zero-order valence-electron chi connectivity index (χ0n) is 9.75. The molecule has 0 aromatic carbocycles. The first kappa shape index (κ1) is 11.0. The Labute approximate surface area is 82.9 Å². The molecule has 1 saturated carbocycles. The highest BCUT2D eigenvalue weighted by Gasteiger charge is 2.29. The van der Waals surface area contributed by atoms with E-state index in [1.165, 1.54) is 19.3 Å². The van der Waals surface area contributed by atoms with Gasteiger partial charge in [0, 0.05) is 12.1 Å². The molecule has 0 heterocycles. The zero-order chi connectivity index (χ0) is 10.0. The second-order valence-electron chi connectivity index (χ2n) is 4.94. The molecule has 0 aromatic rings. The summed E-state index contributed by atoms with van der Waals surface area (Å²) in [6.45, 7) is 2.39. The van der Waals surface area contributed by atoms with Crippen molar-refractivity contribution in [1.82, 2.24) is 9.80 Å². The van der Waals surface area contributed by atoms with E-state index < -0.39 is 0 Å². The van der Waals surface area contributed by atoms with Crippen molar-refractivity contribution in [3.63, 3.8) is 0 Å². The van der Waals surface area contributed by atoms with Crippen molar-refractivity contribution >= 4 is 0 Å². The Kier molecular flexibility index (Phi) is 3.74. The van der Waals surface area contributed by atoms with Gasteiger partial charge in [0.15, 0.2) is 0 Å². The van der Waals surface area contributed by atoms with Gasteiger partial charge < -0.3 is 9.80 Å². The largest absolute Gasteiger partial charge is 0.306 e. The van der Waals surface area contributed by atoms with Crippen LogP contribution in [0, 0.1) is 5.92 Å². The fraction of sp³-hybridized carbons (Fsp3) is 1.00. The predicted molar refractivity (Wildman–Crippen MR) is 58.0 cm³/mol. The number of hydrogen-bond acceptors (Lipinski definition) is 2. The standard InChI is InChI=1S/C11H24N2/c1-9-6-7-10(12(2)3)8-11(9)13(4)5/h9-11H,6-8H2,1-5H3. The van der Waals surface area contributed by atoms with Crippen LogP contribution in [0.4, 0.5) is 0 Å². The molecule has 1 aliphatic carbocycles. The van der Waals surface area contributed by atoms with Crippen molar-refractivity contribution in [2.45, 2.75) is 38.3 Å². The number of rotatable bonds is 2. The molecule has 0 radical (unpaired) electrons. The van der Waals surface area contributed by atoms with Crippen LogP contribution >= 0.6 is 0 Å². The Hall–Kier alpha value is -0.0800. The maximum absolute atomic E-state index is 2.39. The van der Waals surface area contributed by atoms with E-state index in [1.54, 1.807) is 0 Å². The highest BCUT2D eigenvalue weighted by Crippen LogP contribution is 2.28. The van der Waals surface area contributed by atoms with Crippen LogP contribution in [0.15, 0.2) is 0 Å². The first-order valence-corrected chi connectivity index (χ1v) is 5.35. The molecule has 1 fully saturated rings. The molecular formula is C11H24N2. The van der Waals surface area contributed by atoms with Crippen molar-refractivity contribution in [3.8, 4) is 0 Å². The smallest absolute Gasteiger partial charge is 0.0130 e. The summed E-state index contributed by atoms with van der Waals surface area (Å²) >= 11 is 0. The van der Waals surface area contributed by atoms with E-state index in [9.17, 15) is 0 Å². The quantitative estimate of drug-likeness (QED) is 0.644. The topological polar surface area (TPSA) is 6.48 Å². The minimum Gasteiger partial charge on any atom is -0.306 e. The van der Waals surface area contributed by atoms with Crippen LogP contribution in [0.3, 0.4) is 0 Å². The van der Waals surface area contributed by atoms with E-state index in [1.807, 2.05) is 0 Å². The summed E-state index contributed by atoms with van der Waals surface area (Å²) in [6, 6.07) is 1.57. The monoisotopic (exact) mass is 184 g/mol. The zero-order valence-corrected chi connectivity index (χ0v) is 9.75. The van der Waals surface area contributed by atoms with Crippen LogP contribution in [0.25, 0.3) is 0 Å². The third-order valence-electron chi connectivity index (χ3n) is 3.52. The average molecular weight is 184 g/mol. The molecule has 2 nitrogen and oxygen atoms in total. The van der Waals surface area contributed by atoms with Gasteiger partial charge in [-0.3, -0.25) is 0 Å². The van der Waals surface area contributed by atoms with Gasteiger partial charge in [-0.05, 0) is 53.4 Å². The molecule has 0 N–H and O–H groups in total. The van der Waals surface area contributed by atoms with E-state index in [0.717, 1.165) is 18.0 Å². The lowest BCUT2D eigenvalue weighted by Gasteiger charge is -2.40. The molecule has 0 bridgehead atoms. The van der Waals surface area contributed by atoms with Crippen molar-refractivity contribution in [2.75, 3.05) is 28.2 Å². The van der Waals surface area contributed by atoms with Crippen LogP contribution in [0.1, 0.15) is 26.2 Å². The molecule has 0 aromatic heterocycles. The minimum atomic E-state index is 0.779. The Morgan fingerprint density at radius 2 is 1.54 bits per heavy atom. The molecular weight excluding hydrogens is 160 g/mol. The summed E-state index contributed by atoms with van der Waals surface area (Å²) in [5.41, 5.74) is 0. The molecule has 1 rings (SSSR count). The molecule has 13 heavy (non-hydrogen) atoms. The lowest BCUT2D eigenvalue weighted by atomic mass is 9.82. The number of hydrogen-bond donors (Lipinski definition) is 0. The SMILES string of the molecule is CC1CCC(N(C)C)CC1N(C)C. The second kappa shape index (κ2) is 4.43. The Bertz CT molecular complexity index is 154. The third-order valence-corrected chi connectivity index (χ3v) is 3.52. The summed E-state index contributed by atoms with van der Waals surface area (Å²) in [6.07, 6.45) is 4.09. The summed E-state index contributed by atoms with van der Waals surface area (Å²) < 4.78 is 0. The molecule has 3 unspecified atom stereocenters. The van der Waals surface area contributed by atoms with Crippen molar-refractivity contribution in [3.05, 3.63) is 0 Å². The highest BCUT2D eigenvalue weighted by molar-refractivity contribution is 4.85. The molecule has 78 valence electrons. The summed E-state index contributed by atoms with van der Waals surface area (Å²) in [5.74, 6) is 0.867. The fourth-order valence-electron chi connectivity index (χ4n) is 2.47. The van der Waals surface area contributed by atoms with Gasteiger partial charge in [-0.2, -0.15) is 0 Å². The van der Waals surface area contributed by atoms with Gasteiger partial charge in [0.2, 0.25) is 0 Å². The van der Waals surface area contributed by atoms with E-state index in [0.29, 0.717) is 0 Å². The van der Waals surface area contributed by atoms with E-state index in [2.05, 4.69) is 44.9 Å². The maximum atomic E-state index is 2.39. The molecule has 0 aliphatic heterocycles. The van der Waals surface area contributed by atoms with Crippen LogP contribution in [-0.2, 0) is 0 Å². The van der Waals surface area contributed by atoms with Crippen molar-refractivity contribution in [2.24, 2.45) is 5.92 Å². The van der Waals surface area contributed by atoms with Crippen molar-refractivity contribution in [1.29, 1.82) is 0 Å². The fourth-order valence-corrected chi connectivity index (χ4v) is 2.47. The van der Waals surface area contributed by atoms with Crippen LogP contribution in [0.5, 0.6) is 0 Å². The molecule has 1 aliphatic rings. The van der Waals surface area contributed by atoms with Gasteiger partial charge >= 0.3 is 0 Å². The van der Waals surface area contributed by atoms with Gasteiger partial charge in [-0.15, -0.1) is 0 Å². The summed E-state index contributed by atoms with van der Waals surface area (Å²) in [4.78, 5) is 4.77. The summed E-state index contributed by atoms with van der Waals surface area (Å²) in [5, 5.41) is 0. The first-order chi connectivity index (χ1) is 6.02. The Morgan fingerprint density at radius 3 is 2.00 bits per heavy atom. The van der Waals surface area contributed by atoms with Gasteiger partial charge in [-0.1, -0.05) is 6.92 Å². The van der Waals surface area contributed by atoms with Gasteiger partial charge in [0.25, 0.3) is 0 Å².